The van der Waals surface area contributed by atoms with Gasteiger partial charge in [-0.2, -0.15) is 0 Å². The van der Waals surface area contributed by atoms with Crippen LogP contribution in [0, 0.1) is 0 Å². The number of carbonyl (C=O) groups is 1. The normalized spacial score (nSPS) is 17.0. The van der Waals surface area contributed by atoms with Crippen molar-refractivity contribution in [1.29, 1.82) is 0 Å². The maximum absolute atomic E-state index is 13.0. The first-order valence-electron chi connectivity index (χ1n) is 8.86. The zero-order valence-corrected chi connectivity index (χ0v) is 15.2. The third-order valence-electron chi connectivity index (χ3n) is 4.72. The monoisotopic (exact) mass is 342 g/mol. The molecule has 0 radical (unpaired) electrons. The van der Waals surface area contributed by atoms with E-state index in [0.29, 0.717) is 5.91 Å². The van der Waals surface area contributed by atoms with Gasteiger partial charge in [-0.1, -0.05) is 49.7 Å². The summed E-state index contributed by atoms with van der Waals surface area (Å²) in [5.74, 6) is 0.318. The van der Waals surface area contributed by atoms with Crippen LogP contribution in [0.15, 0.2) is 47.8 Å². The van der Waals surface area contributed by atoms with E-state index in [2.05, 4.69) is 46.4 Å². The lowest BCUT2D eigenvalue weighted by molar-refractivity contribution is -0.134. The molecule has 1 saturated heterocycles. The summed E-state index contributed by atoms with van der Waals surface area (Å²) < 4.78 is 0. The summed E-state index contributed by atoms with van der Waals surface area (Å²) in [6, 6.07) is 14.6. The molecule has 1 amide bonds. The molecule has 4 heteroatoms. The van der Waals surface area contributed by atoms with Crippen LogP contribution >= 0.6 is 11.3 Å². The van der Waals surface area contributed by atoms with Crippen molar-refractivity contribution in [1.82, 2.24) is 9.80 Å². The first-order chi connectivity index (χ1) is 11.8. The van der Waals surface area contributed by atoms with Gasteiger partial charge in [-0.25, -0.2) is 0 Å². The highest BCUT2D eigenvalue weighted by molar-refractivity contribution is 7.09. The molecule has 2 heterocycles. The molecule has 128 valence electrons. The molecule has 2 aromatic rings. The van der Waals surface area contributed by atoms with Gasteiger partial charge in [-0.05, 0) is 23.4 Å². The van der Waals surface area contributed by atoms with E-state index in [1.54, 1.807) is 0 Å². The second-order valence-corrected chi connectivity index (χ2v) is 7.46. The third-order valence-corrected chi connectivity index (χ3v) is 5.58. The molecule has 0 spiro atoms. The largest absolute Gasteiger partial charge is 0.340 e. The van der Waals surface area contributed by atoms with Gasteiger partial charge in [0.05, 0.1) is 5.92 Å². The molecule has 1 aliphatic rings. The summed E-state index contributed by atoms with van der Waals surface area (Å²) in [5, 5.41) is 2.13. The van der Waals surface area contributed by atoms with Gasteiger partial charge in [-0.3, -0.25) is 9.69 Å². The zero-order chi connectivity index (χ0) is 16.8. The molecule has 1 aliphatic heterocycles. The minimum Gasteiger partial charge on any atom is -0.340 e. The minimum atomic E-state index is 0.0139. The standard InChI is InChI=1S/C20H26N2OS/c1-2-7-19(17-8-4-3-5-9-17)20(23)22-13-11-21(12-14-22)16-18-10-6-15-24-18/h3-6,8-10,15,19H,2,7,11-14,16H2,1H3. The van der Waals surface area contributed by atoms with E-state index in [1.165, 1.54) is 4.88 Å². The highest BCUT2D eigenvalue weighted by Gasteiger charge is 2.28. The van der Waals surface area contributed by atoms with Gasteiger partial charge in [0.25, 0.3) is 0 Å². The van der Waals surface area contributed by atoms with E-state index in [0.717, 1.165) is 51.1 Å². The number of hydrogen-bond donors (Lipinski definition) is 0. The Morgan fingerprint density at radius 3 is 2.46 bits per heavy atom. The SMILES string of the molecule is CCCC(C(=O)N1CCN(Cc2cccs2)CC1)c1ccccc1. The van der Waals surface area contributed by atoms with E-state index < -0.39 is 0 Å². The van der Waals surface area contributed by atoms with Crippen LogP contribution < -0.4 is 0 Å². The van der Waals surface area contributed by atoms with Crippen molar-refractivity contribution in [3.8, 4) is 0 Å². The van der Waals surface area contributed by atoms with Crippen molar-refractivity contribution >= 4 is 17.2 Å². The Morgan fingerprint density at radius 1 is 1.08 bits per heavy atom. The number of hydrogen-bond acceptors (Lipinski definition) is 3. The molecule has 3 nitrogen and oxygen atoms in total. The van der Waals surface area contributed by atoms with Crippen LogP contribution in [-0.2, 0) is 11.3 Å². The number of piperazine rings is 1. The van der Waals surface area contributed by atoms with Crippen molar-refractivity contribution in [2.45, 2.75) is 32.2 Å². The van der Waals surface area contributed by atoms with Crippen LogP contribution in [-0.4, -0.2) is 41.9 Å². The summed E-state index contributed by atoms with van der Waals surface area (Å²) >= 11 is 1.81. The number of benzene rings is 1. The van der Waals surface area contributed by atoms with Crippen molar-refractivity contribution in [3.63, 3.8) is 0 Å². The second-order valence-electron chi connectivity index (χ2n) is 6.43. The molecule has 0 bridgehead atoms. The molecule has 1 atom stereocenters. The zero-order valence-electron chi connectivity index (χ0n) is 14.4. The van der Waals surface area contributed by atoms with Crippen LogP contribution in [0.3, 0.4) is 0 Å². The van der Waals surface area contributed by atoms with Crippen molar-refractivity contribution in [2.75, 3.05) is 26.2 Å². The van der Waals surface area contributed by atoms with Gasteiger partial charge in [0.1, 0.15) is 0 Å². The Labute approximate surface area is 148 Å². The summed E-state index contributed by atoms with van der Waals surface area (Å²) in [6.07, 6.45) is 1.96. The average Bonchev–Trinajstić information content (AvgIpc) is 3.13. The Morgan fingerprint density at radius 2 is 1.83 bits per heavy atom. The Kier molecular flexibility index (Phi) is 6.05. The molecule has 1 fully saturated rings. The summed E-state index contributed by atoms with van der Waals surface area (Å²) in [4.78, 5) is 18.9. The third kappa shape index (κ3) is 4.25. The lowest BCUT2D eigenvalue weighted by Gasteiger charge is -2.36. The van der Waals surface area contributed by atoms with E-state index in [4.69, 9.17) is 0 Å². The first-order valence-corrected chi connectivity index (χ1v) is 9.74. The molecule has 1 aromatic carbocycles. The highest BCUT2D eigenvalue weighted by Crippen LogP contribution is 2.24. The lowest BCUT2D eigenvalue weighted by atomic mass is 9.93. The molecule has 24 heavy (non-hydrogen) atoms. The molecule has 1 aromatic heterocycles. The quantitative estimate of drug-likeness (QED) is 0.793. The molecule has 0 saturated carbocycles. The van der Waals surface area contributed by atoms with Gasteiger partial charge >= 0.3 is 0 Å². The van der Waals surface area contributed by atoms with Crippen LogP contribution in [0.25, 0.3) is 0 Å². The highest BCUT2D eigenvalue weighted by atomic mass is 32.1. The summed E-state index contributed by atoms with van der Waals surface area (Å²) in [7, 11) is 0. The van der Waals surface area contributed by atoms with Crippen molar-refractivity contribution in [3.05, 3.63) is 58.3 Å². The molecule has 1 unspecified atom stereocenters. The van der Waals surface area contributed by atoms with Crippen LogP contribution in [0.2, 0.25) is 0 Å². The van der Waals surface area contributed by atoms with Gasteiger partial charge in [0, 0.05) is 37.6 Å². The van der Waals surface area contributed by atoms with Crippen molar-refractivity contribution < 1.29 is 4.79 Å². The minimum absolute atomic E-state index is 0.0139. The Hall–Kier alpha value is -1.65. The Bertz CT molecular complexity index is 618. The van der Waals surface area contributed by atoms with Gasteiger partial charge in [-0.15, -0.1) is 11.3 Å². The number of rotatable bonds is 6. The van der Waals surface area contributed by atoms with Gasteiger partial charge in [0.2, 0.25) is 5.91 Å². The van der Waals surface area contributed by atoms with E-state index in [9.17, 15) is 4.79 Å². The fourth-order valence-corrected chi connectivity index (χ4v) is 4.12. The van der Waals surface area contributed by atoms with E-state index in [-0.39, 0.29) is 5.92 Å². The fraction of sp³-hybridized carbons (Fsp3) is 0.450. The molecule has 3 rings (SSSR count). The fourth-order valence-electron chi connectivity index (χ4n) is 3.38. The average molecular weight is 343 g/mol. The smallest absolute Gasteiger partial charge is 0.230 e. The first kappa shape index (κ1) is 17.2. The lowest BCUT2D eigenvalue weighted by Crippen LogP contribution is -2.49. The second kappa shape index (κ2) is 8.45. The van der Waals surface area contributed by atoms with Crippen molar-refractivity contribution in [2.24, 2.45) is 0 Å². The molecule has 0 N–H and O–H groups in total. The van der Waals surface area contributed by atoms with Crippen LogP contribution in [0.4, 0.5) is 0 Å². The van der Waals surface area contributed by atoms with Gasteiger partial charge < -0.3 is 4.90 Å². The molecule has 0 aliphatic carbocycles. The molecular weight excluding hydrogens is 316 g/mol. The van der Waals surface area contributed by atoms with E-state index >= 15 is 0 Å². The summed E-state index contributed by atoms with van der Waals surface area (Å²) in [6.45, 7) is 6.79. The number of nitrogens with zero attached hydrogens (tertiary/aromatic N) is 2. The van der Waals surface area contributed by atoms with E-state index in [1.807, 2.05) is 29.5 Å². The predicted octanol–water partition coefficient (Wildman–Crippen LogP) is 3.98. The topological polar surface area (TPSA) is 23.6 Å². The van der Waals surface area contributed by atoms with Crippen LogP contribution in [0.1, 0.15) is 36.1 Å². The number of carbonyl (C=O) groups excluding carboxylic acids is 1. The Balaban J connectivity index is 1.58. The molecular formula is C20H26N2OS. The maximum atomic E-state index is 13.0. The number of amides is 1. The number of thiophene rings is 1. The van der Waals surface area contributed by atoms with Crippen LogP contribution in [0.5, 0.6) is 0 Å². The summed E-state index contributed by atoms with van der Waals surface area (Å²) in [5.41, 5.74) is 1.16. The maximum Gasteiger partial charge on any atom is 0.230 e. The van der Waals surface area contributed by atoms with Gasteiger partial charge in [0.15, 0.2) is 0 Å². The predicted molar refractivity (Wildman–Crippen MR) is 100 cm³/mol.